The molecule has 0 spiro atoms. The molecule has 4 aliphatic rings. The second-order valence-electron chi connectivity index (χ2n) is 18.8. The highest BCUT2D eigenvalue weighted by atomic mass is 32.2. The van der Waals surface area contributed by atoms with Crippen molar-refractivity contribution in [1.29, 1.82) is 0 Å². The molecule has 0 radical (unpaired) electrons. The average molecular weight is 1070 g/mol. The second-order valence-corrected chi connectivity index (χ2v) is 20.9. The van der Waals surface area contributed by atoms with E-state index in [9.17, 15) is 23.4 Å². The standard InChI is InChI=1S/C32H41N2O4S.C31H37N2O3.2CH3/c1-5-9-12-21-39(36,37)31-14-11-10-13-28(31)32-26-17-15-24(33(6-2)7-3)22-29(26)38-30-23-25(16-18-27(30)32)34(8-4)19-20-35;1-5-32(6-2)22-15-17-26-29(20-22)36-30-21-23(33(7-3)8-4)16-18-27(30)31(26)25-13-10-9-12-24(25)28(35)14-11-19-34;;/h10-11,13-18,22-23,35H,5-9,12,19-21H2,1-4H3;9-10,12-13,15-18,20-21,34H,5-8,11,14,19H2,1-4H3;2*1H3/q2*+1;2*-1. The van der Waals surface area contributed by atoms with Gasteiger partial charge in [-0.2, -0.15) is 0 Å². The number of hydrogen-bond acceptors (Lipinski definition) is 9. The molecule has 4 aromatic carbocycles. The van der Waals surface area contributed by atoms with Gasteiger partial charge >= 0.3 is 0 Å². The highest BCUT2D eigenvalue weighted by molar-refractivity contribution is 7.91. The molecule has 0 fully saturated rings. The van der Waals surface area contributed by atoms with Crippen LogP contribution >= 0.6 is 0 Å². The fourth-order valence-corrected chi connectivity index (χ4v) is 12.0. The molecule has 412 valence electrons. The summed E-state index contributed by atoms with van der Waals surface area (Å²) < 4.78 is 44.7. The molecule has 0 unspecified atom stereocenters. The van der Waals surface area contributed by atoms with E-state index in [4.69, 9.17) is 8.83 Å². The van der Waals surface area contributed by atoms with Crippen LogP contribution in [0.15, 0.2) is 135 Å². The van der Waals surface area contributed by atoms with E-state index in [2.05, 4.69) is 129 Å². The number of fused-ring (bicyclic) bond motifs is 4. The molecular weight excluding hydrogens is 981 g/mol. The van der Waals surface area contributed by atoms with E-state index in [0.29, 0.717) is 53.2 Å². The first kappa shape index (κ1) is 61.3. The Morgan fingerprint density at radius 2 is 1.03 bits per heavy atom. The van der Waals surface area contributed by atoms with Gasteiger partial charge in [-0.15, -0.1) is 0 Å². The number of unbranched alkanes of at least 4 members (excludes halogenated alkanes) is 2. The summed E-state index contributed by atoms with van der Waals surface area (Å²) in [5.74, 6) is 1.66. The lowest BCUT2D eigenvalue weighted by Crippen LogP contribution is -2.32. The maximum Gasteiger partial charge on any atom is 0.203 e. The van der Waals surface area contributed by atoms with Gasteiger partial charge in [-0.3, -0.25) is 4.79 Å². The fourth-order valence-electron chi connectivity index (χ4n) is 10.4. The third-order valence-electron chi connectivity index (χ3n) is 14.4. The number of carbonyl (C=O) groups is 1. The van der Waals surface area contributed by atoms with Gasteiger partial charge in [-0.25, -0.2) is 17.6 Å². The summed E-state index contributed by atoms with van der Waals surface area (Å²) >= 11 is 0. The van der Waals surface area contributed by atoms with Crippen LogP contribution in [-0.4, -0.2) is 95.7 Å². The average Bonchev–Trinajstić information content (AvgIpc) is 3.47. The minimum absolute atomic E-state index is 0. The van der Waals surface area contributed by atoms with E-state index in [0.717, 1.165) is 131 Å². The fraction of sp³-hybridized carbons (Fsp3) is 0.369. The predicted molar refractivity (Wildman–Crippen MR) is 323 cm³/mol. The summed E-state index contributed by atoms with van der Waals surface area (Å²) in [4.78, 5) is 18.1. The van der Waals surface area contributed by atoms with Gasteiger partial charge in [-0.1, -0.05) is 62.2 Å². The summed E-state index contributed by atoms with van der Waals surface area (Å²) in [6.07, 6.45) is 3.27. The van der Waals surface area contributed by atoms with Gasteiger partial charge in [0, 0.05) is 119 Å². The number of benzene rings is 6. The zero-order valence-electron chi connectivity index (χ0n) is 47.5. The molecule has 0 saturated heterocycles. The third kappa shape index (κ3) is 13.6. The second kappa shape index (κ2) is 28.7. The Kier molecular flexibility index (Phi) is 22.8. The monoisotopic (exact) mass is 1060 g/mol. The molecule has 8 rings (SSSR count). The summed E-state index contributed by atoms with van der Waals surface area (Å²) in [6, 6.07) is 40.2. The molecule has 0 amide bonds. The van der Waals surface area contributed by atoms with Gasteiger partial charge in [-0.05, 0) is 109 Å². The Labute approximate surface area is 459 Å². The molecule has 0 bridgehead atoms. The zero-order valence-corrected chi connectivity index (χ0v) is 48.3. The molecule has 2 aliphatic heterocycles. The molecule has 0 atom stereocenters. The van der Waals surface area contributed by atoms with E-state index in [1.54, 1.807) is 12.1 Å². The maximum absolute atomic E-state index is 13.6. The Morgan fingerprint density at radius 1 is 0.532 bits per heavy atom. The summed E-state index contributed by atoms with van der Waals surface area (Å²) in [5.41, 5.74) is 9.69. The van der Waals surface area contributed by atoms with Crippen LogP contribution in [0.3, 0.4) is 0 Å². The first-order chi connectivity index (χ1) is 36.4. The van der Waals surface area contributed by atoms with Crippen molar-refractivity contribution in [3.8, 4) is 44.9 Å². The lowest BCUT2D eigenvalue weighted by Gasteiger charge is -2.23. The quantitative estimate of drug-likeness (QED) is 0.0224. The number of likely N-dealkylation sites (N-methyl/N-ethyl adjacent to an activating group) is 1. The molecular formula is C65H84N4O7S. The number of ketones is 1. The van der Waals surface area contributed by atoms with E-state index in [1.807, 2.05) is 54.6 Å². The molecule has 11 nitrogen and oxygen atoms in total. The minimum atomic E-state index is -3.49. The largest absolute Gasteiger partial charge is 0.456 e. The Hall–Kier alpha value is -6.60. The van der Waals surface area contributed by atoms with Crippen molar-refractivity contribution in [3.05, 3.63) is 152 Å². The normalized spacial score (nSPS) is 11.7. The van der Waals surface area contributed by atoms with Crippen LogP contribution in [0.1, 0.15) is 97.9 Å². The van der Waals surface area contributed by atoms with Crippen LogP contribution in [0, 0.1) is 14.9 Å². The third-order valence-corrected chi connectivity index (χ3v) is 16.3. The van der Waals surface area contributed by atoms with Crippen molar-refractivity contribution in [1.82, 2.24) is 9.15 Å². The van der Waals surface area contributed by atoms with Gasteiger partial charge in [0.25, 0.3) is 0 Å². The first-order valence-electron chi connectivity index (χ1n) is 27.3. The molecule has 2 heterocycles. The predicted octanol–water partition coefficient (Wildman–Crippen LogP) is 12.5. The molecule has 4 aromatic rings. The summed E-state index contributed by atoms with van der Waals surface area (Å²) in [6.45, 7) is 23.7. The highest BCUT2D eigenvalue weighted by Crippen LogP contribution is 2.44. The number of Topliss-reactive ketones (excluding diaryl/α,β-unsaturated/α-hetero) is 1. The highest BCUT2D eigenvalue weighted by Gasteiger charge is 2.26. The topological polar surface area (TPSA) is 130 Å². The van der Waals surface area contributed by atoms with Crippen molar-refractivity contribution < 1.29 is 32.3 Å². The lowest BCUT2D eigenvalue weighted by molar-refractivity contribution is 0.0972. The van der Waals surface area contributed by atoms with Crippen molar-refractivity contribution in [2.24, 2.45) is 0 Å². The SMILES string of the molecule is CCCCCS(=O)(=O)c1ccccc1-c1c2ccc(=[N+](CC)CCO)cc-2oc2cc(N(CC)CC)ccc12.CCN(CC)c1ccc2c(-c3ccccc3C(=O)CCCO)c3ccc(=[N+](CC)CC)cc-3oc2c1.[CH3-].[CH3-]. The number of aliphatic hydroxyl groups excluding tert-OH is 2. The summed E-state index contributed by atoms with van der Waals surface area (Å²) in [7, 11) is -3.49. The Morgan fingerprint density at radius 3 is 1.52 bits per heavy atom. The number of rotatable bonds is 22. The number of anilines is 2. The van der Waals surface area contributed by atoms with Crippen LogP contribution < -0.4 is 29.7 Å². The number of sulfone groups is 1. The van der Waals surface area contributed by atoms with E-state index >= 15 is 0 Å². The van der Waals surface area contributed by atoms with Gasteiger partial charge in [0.1, 0.15) is 48.9 Å². The molecule has 77 heavy (non-hydrogen) atoms. The maximum atomic E-state index is 13.6. The van der Waals surface area contributed by atoms with Crippen LogP contribution in [0.25, 0.3) is 66.8 Å². The van der Waals surface area contributed by atoms with E-state index in [1.165, 1.54) is 0 Å². The van der Waals surface area contributed by atoms with Crippen LogP contribution in [0.2, 0.25) is 0 Å². The molecule has 2 aliphatic carbocycles. The van der Waals surface area contributed by atoms with Crippen molar-refractivity contribution >= 4 is 48.9 Å². The van der Waals surface area contributed by atoms with E-state index < -0.39 is 9.84 Å². The van der Waals surface area contributed by atoms with Gasteiger partial charge < -0.3 is 43.7 Å². The molecule has 12 heteroatoms. The van der Waals surface area contributed by atoms with Gasteiger partial charge in [0.15, 0.2) is 22.2 Å². The molecule has 2 N–H and O–H groups in total. The van der Waals surface area contributed by atoms with Crippen LogP contribution in [-0.2, 0) is 9.84 Å². The van der Waals surface area contributed by atoms with E-state index in [-0.39, 0.29) is 39.6 Å². The number of carbonyl (C=O) groups excluding carboxylic acids is 1. The molecule has 0 aromatic heterocycles. The van der Waals surface area contributed by atoms with Crippen molar-refractivity contribution in [2.45, 2.75) is 92.4 Å². The van der Waals surface area contributed by atoms with Gasteiger partial charge in [0.2, 0.25) is 10.7 Å². The Balaban J connectivity index is 0.000000278. The van der Waals surface area contributed by atoms with Gasteiger partial charge in [0.05, 0.1) is 22.8 Å². The lowest BCUT2D eigenvalue weighted by atomic mass is 9.89. The van der Waals surface area contributed by atoms with Crippen molar-refractivity contribution in [2.75, 3.05) is 81.1 Å². The number of nitrogens with zero attached hydrogens (tertiary/aromatic N) is 4. The smallest absolute Gasteiger partial charge is 0.203 e. The van der Waals surface area contributed by atoms with Crippen molar-refractivity contribution in [3.63, 3.8) is 0 Å². The number of hydrogen-bond donors (Lipinski definition) is 2. The zero-order chi connectivity index (χ0) is 53.6. The molecule has 0 saturated carbocycles. The van der Waals surface area contributed by atoms with Crippen LogP contribution in [0.5, 0.6) is 0 Å². The number of aliphatic hydroxyl groups is 2. The van der Waals surface area contributed by atoms with Crippen LogP contribution in [0.4, 0.5) is 11.4 Å². The minimum Gasteiger partial charge on any atom is -0.456 e. The first-order valence-corrected chi connectivity index (χ1v) is 28.9. The Bertz CT molecular complexity index is 3420. The summed E-state index contributed by atoms with van der Waals surface area (Å²) in [5, 5.41) is 22.8.